The van der Waals surface area contributed by atoms with E-state index in [-0.39, 0.29) is 6.04 Å². The van der Waals surface area contributed by atoms with Gasteiger partial charge in [0.05, 0.1) is 18.1 Å². The second kappa shape index (κ2) is 10.8. The molecule has 35 heavy (non-hydrogen) atoms. The Balaban J connectivity index is 1.29. The number of benzene rings is 3. The van der Waals surface area contributed by atoms with Gasteiger partial charge in [0, 0.05) is 25.2 Å². The number of nitrogens with zero attached hydrogens (tertiary/aromatic N) is 1. The van der Waals surface area contributed by atoms with Crippen molar-refractivity contribution < 1.29 is 13.2 Å². The minimum absolute atomic E-state index is 0.269. The van der Waals surface area contributed by atoms with Gasteiger partial charge in [0.2, 0.25) is 10.0 Å². The topological polar surface area (TPSA) is 58.6 Å². The van der Waals surface area contributed by atoms with E-state index in [1.165, 1.54) is 45.5 Å². The molecule has 0 bridgehead atoms. The van der Waals surface area contributed by atoms with E-state index < -0.39 is 10.0 Å². The lowest BCUT2D eigenvalue weighted by molar-refractivity contribution is 0.0730. The van der Waals surface area contributed by atoms with Crippen molar-refractivity contribution in [2.75, 3.05) is 26.3 Å². The first-order valence-electron chi connectivity index (χ1n) is 12.9. The minimum Gasteiger partial charge on any atom is -0.379 e. The molecular formula is C29H36N2O3S. The number of hydrogen-bond acceptors (Lipinski definition) is 4. The molecule has 0 aromatic heterocycles. The zero-order valence-corrected chi connectivity index (χ0v) is 21.3. The summed E-state index contributed by atoms with van der Waals surface area (Å²) in [5.74, 6) is 0.440. The molecule has 186 valence electrons. The summed E-state index contributed by atoms with van der Waals surface area (Å²) in [4.78, 5) is 0.385. The zero-order chi connectivity index (χ0) is 24.3. The quantitative estimate of drug-likeness (QED) is 0.453. The maximum absolute atomic E-state index is 13.0. The fourth-order valence-electron chi connectivity index (χ4n) is 5.73. The maximum Gasteiger partial charge on any atom is 0.243 e. The Morgan fingerprint density at radius 2 is 1.63 bits per heavy atom. The molecule has 1 saturated heterocycles. The molecule has 0 radical (unpaired) electrons. The molecule has 2 aliphatic rings. The molecule has 5 rings (SSSR count). The molecular weight excluding hydrogens is 456 g/mol. The summed E-state index contributed by atoms with van der Waals surface area (Å²) in [7, 11) is -3.45. The highest BCUT2D eigenvalue weighted by molar-refractivity contribution is 7.89. The lowest BCUT2D eigenvalue weighted by atomic mass is 9.90. The van der Waals surface area contributed by atoms with Gasteiger partial charge in [-0.15, -0.1) is 0 Å². The summed E-state index contributed by atoms with van der Waals surface area (Å²) >= 11 is 0. The van der Waals surface area contributed by atoms with E-state index in [2.05, 4.69) is 54.7 Å². The number of rotatable bonds is 6. The number of hydrogen-bond donors (Lipinski definition) is 1. The first-order valence-corrected chi connectivity index (χ1v) is 14.4. The van der Waals surface area contributed by atoms with Crippen LogP contribution >= 0.6 is 0 Å². The van der Waals surface area contributed by atoms with Crippen LogP contribution in [0.15, 0.2) is 71.6 Å². The largest absolute Gasteiger partial charge is 0.379 e. The molecule has 3 atom stereocenters. The molecule has 6 heteroatoms. The van der Waals surface area contributed by atoms with E-state index in [1.807, 2.05) is 12.1 Å². The zero-order valence-electron chi connectivity index (χ0n) is 20.5. The summed E-state index contributed by atoms with van der Waals surface area (Å²) in [6.45, 7) is 4.05. The normalized spacial score (nSPS) is 23.1. The number of morpholine rings is 1. The van der Waals surface area contributed by atoms with E-state index in [4.69, 9.17) is 4.74 Å². The van der Waals surface area contributed by atoms with Gasteiger partial charge >= 0.3 is 0 Å². The third kappa shape index (κ3) is 5.46. The first kappa shape index (κ1) is 24.4. The van der Waals surface area contributed by atoms with E-state index in [0.717, 1.165) is 12.8 Å². The van der Waals surface area contributed by atoms with Crippen LogP contribution < -0.4 is 5.32 Å². The van der Waals surface area contributed by atoms with Crippen LogP contribution in [-0.2, 0) is 14.8 Å². The highest BCUT2D eigenvalue weighted by atomic mass is 32.2. The van der Waals surface area contributed by atoms with Gasteiger partial charge in [-0.3, -0.25) is 0 Å². The number of fused-ring (bicyclic) bond motifs is 1. The highest BCUT2D eigenvalue weighted by Crippen LogP contribution is 2.34. The summed E-state index contributed by atoms with van der Waals surface area (Å²) in [5, 5.41) is 6.53. The van der Waals surface area contributed by atoms with Gasteiger partial charge in [-0.05, 0) is 66.1 Å². The summed E-state index contributed by atoms with van der Waals surface area (Å²) in [5.41, 5.74) is 2.60. The van der Waals surface area contributed by atoms with Crippen LogP contribution in [0, 0.1) is 0 Å². The van der Waals surface area contributed by atoms with Crippen molar-refractivity contribution in [1.82, 2.24) is 9.62 Å². The van der Waals surface area contributed by atoms with E-state index in [0.29, 0.717) is 43.2 Å². The van der Waals surface area contributed by atoms with Crippen molar-refractivity contribution in [2.45, 2.75) is 61.9 Å². The van der Waals surface area contributed by atoms with Gasteiger partial charge in [0.1, 0.15) is 0 Å². The Labute approximate surface area is 209 Å². The molecule has 1 N–H and O–H groups in total. The maximum atomic E-state index is 13.0. The fourth-order valence-corrected chi connectivity index (χ4v) is 7.14. The average Bonchev–Trinajstić information content (AvgIpc) is 3.14. The van der Waals surface area contributed by atoms with Gasteiger partial charge in [-0.25, -0.2) is 8.42 Å². The van der Waals surface area contributed by atoms with Crippen molar-refractivity contribution >= 4 is 20.8 Å². The Morgan fingerprint density at radius 1 is 0.914 bits per heavy atom. The highest BCUT2D eigenvalue weighted by Gasteiger charge is 2.27. The second-order valence-electron chi connectivity index (χ2n) is 9.96. The van der Waals surface area contributed by atoms with E-state index in [9.17, 15) is 8.42 Å². The smallest absolute Gasteiger partial charge is 0.243 e. The molecule has 3 unspecified atom stereocenters. The molecule has 0 amide bonds. The van der Waals surface area contributed by atoms with Crippen LogP contribution in [-0.4, -0.2) is 45.1 Å². The molecule has 1 aliphatic heterocycles. The number of ether oxygens (including phenoxy) is 1. The monoisotopic (exact) mass is 492 g/mol. The molecule has 2 fully saturated rings. The van der Waals surface area contributed by atoms with Crippen LogP contribution in [0.1, 0.15) is 62.1 Å². The Hall–Kier alpha value is -2.25. The summed E-state index contributed by atoms with van der Waals surface area (Å²) in [6, 6.07) is 23.5. The molecule has 1 aliphatic carbocycles. The summed E-state index contributed by atoms with van der Waals surface area (Å²) < 4.78 is 32.8. The lowest BCUT2D eigenvalue weighted by Crippen LogP contribution is -2.40. The molecule has 3 aromatic carbocycles. The van der Waals surface area contributed by atoms with Gasteiger partial charge in [0.25, 0.3) is 0 Å². The van der Waals surface area contributed by atoms with Crippen molar-refractivity contribution in [3.63, 3.8) is 0 Å². The van der Waals surface area contributed by atoms with E-state index >= 15 is 0 Å². The second-order valence-corrected chi connectivity index (χ2v) is 11.9. The van der Waals surface area contributed by atoms with Crippen LogP contribution in [0.4, 0.5) is 0 Å². The van der Waals surface area contributed by atoms with Crippen molar-refractivity contribution in [3.8, 4) is 0 Å². The van der Waals surface area contributed by atoms with Crippen LogP contribution in [0.5, 0.6) is 0 Å². The molecule has 1 saturated carbocycles. The minimum atomic E-state index is -3.45. The fraction of sp³-hybridized carbons (Fsp3) is 0.448. The average molecular weight is 493 g/mol. The van der Waals surface area contributed by atoms with E-state index in [1.54, 1.807) is 12.1 Å². The molecule has 0 spiro atoms. The lowest BCUT2D eigenvalue weighted by Gasteiger charge is -2.27. The van der Waals surface area contributed by atoms with Crippen LogP contribution in [0.3, 0.4) is 0 Å². The predicted molar refractivity (Wildman–Crippen MR) is 141 cm³/mol. The van der Waals surface area contributed by atoms with Crippen LogP contribution in [0.25, 0.3) is 10.8 Å². The standard InChI is InChI=1S/C29H36N2O3S/c1-22(28-12-6-9-24-7-3-5-11-29(24)28)30-26-10-4-2-8-25(21-26)23-13-15-27(16-14-23)35(32,33)31-17-19-34-20-18-31/h3,5-7,9,11-16,22,25-26,30H,2,4,8,10,17-21H2,1H3. The van der Waals surface area contributed by atoms with Crippen molar-refractivity contribution in [1.29, 1.82) is 0 Å². The molecule has 5 nitrogen and oxygen atoms in total. The van der Waals surface area contributed by atoms with Crippen molar-refractivity contribution in [3.05, 3.63) is 77.9 Å². The summed E-state index contributed by atoms with van der Waals surface area (Å²) in [6.07, 6.45) is 5.83. The third-order valence-corrected chi connectivity index (χ3v) is 9.57. The van der Waals surface area contributed by atoms with Crippen LogP contribution in [0.2, 0.25) is 0 Å². The SMILES string of the molecule is CC(NC1CCCCC(c2ccc(S(=O)(=O)N3CCOCC3)cc2)C1)c1cccc2ccccc12. The predicted octanol–water partition coefficient (Wildman–Crippen LogP) is 5.63. The molecule has 3 aromatic rings. The number of sulfonamides is 1. The first-order chi connectivity index (χ1) is 17.0. The Morgan fingerprint density at radius 3 is 2.43 bits per heavy atom. The number of nitrogens with one attached hydrogen (secondary N) is 1. The Bertz CT molecular complexity index is 1230. The third-order valence-electron chi connectivity index (χ3n) is 7.66. The van der Waals surface area contributed by atoms with Gasteiger partial charge in [-0.2, -0.15) is 4.31 Å². The molecule has 1 heterocycles. The van der Waals surface area contributed by atoms with Gasteiger partial charge < -0.3 is 10.1 Å². The van der Waals surface area contributed by atoms with Gasteiger partial charge in [0.15, 0.2) is 0 Å². The van der Waals surface area contributed by atoms with Crippen molar-refractivity contribution in [2.24, 2.45) is 0 Å². The van der Waals surface area contributed by atoms with Gasteiger partial charge in [-0.1, -0.05) is 67.4 Å². The Kier molecular flexibility index (Phi) is 7.54.